The van der Waals surface area contributed by atoms with E-state index in [1.54, 1.807) is 11.8 Å². The summed E-state index contributed by atoms with van der Waals surface area (Å²) in [6.45, 7) is 8.29. The third kappa shape index (κ3) is 7.34. The zero-order chi connectivity index (χ0) is 18.8. The third-order valence-electron chi connectivity index (χ3n) is 3.56. The lowest BCUT2D eigenvalue weighted by Gasteiger charge is -2.20. The van der Waals surface area contributed by atoms with E-state index >= 15 is 0 Å². The normalized spacial score (nSPS) is 10.6. The number of ether oxygens (including phenoxy) is 1. The molecule has 0 bridgehead atoms. The van der Waals surface area contributed by atoms with Gasteiger partial charge in [0.05, 0.1) is 19.7 Å². The van der Waals surface area contributed by atoms with Gasteiger partial charge in [-0.05, 0) is 31.0 Å². The summed E-state index contributed by atoms with van der Waals surface area (Å²) in [5, 5.41) is 5.01. The molecule has 0 unspecified atom stereocenters. The van der Waals surface area contributed by atoms with Crippen LogP contribution < -0.4 is 10.6 Å². The second-order valence-corrected chi connectivity index (χ2v) is 5.86. The first-order chi connectivity index (χ1) is 11.9. The molecule has 7 nitrogen and oxygen atoms in total. The molecule has 0 heterocycles. The molecule has 3 amide bonds. The minimum atomic E-state index is -0.779. The highest BCUT2D eigenvalue weighted by Crippen LogP contribution is 2.23. The minimum Gasteiger partial charge on any atom is -0.450 e. The van der Waals surface area contributed by atoms with Crippen LogP contribution in [-0.2, 0) is 14.3 Å². The van der Waals surface area contributed by atoms with Crippen molar-refractivity contribution in [1.29, 1.82) is 0 Å². The number of alkyl carbamates (subject to hydrolysis) is 1. The van der Waals surface area contributed by atoms with Gasteiger partial charge in [-0.3, -0.25) is 19.8 Å². The molecule has 0 aliphatic rings. The van der Waals surface area contributed by atoms with E-state index in [1.807, 2.05) is 31.2 Å². The summed E-state index contributed by atoms with van der Waals surface area (Å²) in [6, 6.07) is 7.64. The fourth-order valence-electron chi connectivity index (χ4n) is 2.31. The molecule has 0 aromatic heterocycles. The largest absolute Gasteiger partial charge is 0.450 e. The summed E-state index contributed by atoms with van der Waals surface area (Å²) < 4.78 is 4.65. The van der Waals surface area contributed by atoms with Gasteiger partial charge in [-0.1, -0.05) is 39.0 Å². The SMILES string of the molecule is CCOC(=O)NC(=O)CN(CC)CC(=O)Nc1ccccc1C(C)C. The number of rotatable bonds is 8. The van der Waals surface area contributed by atoms with Crippen LogP contribution in [0.4, 0.5) is 10.5 Å². The Hall–Kier alpha value is -2.41. The molecule has 25 heavy (non-hydrogen) atoms. The number of amides is 3. The summed E-state index contributed by atoms with van der Waals surface area (Å²) in [5.74, 6) is -0.427. The van der Waals surface area contributed by atoms with E-state index in [2.05, 4.69) is 29.2 Å². The summed E-state index contributed by atoms with van der Waals surface area (Å²) >= 11 is 0. The van der Waals surface area contributed by atoms with E-state index in [-0.39, 0.29) is 31.5 Å². The number of nitrogens with one attached hydrogen (secondary N) is 2. The van der Waals surface area contributed by atoms with Crippen molar-refractivity contribution in [2.75, 3.05) is 31.6 Å². The van der Waals surface area contributed by atoms with Crippen molar-refractivity contribution in [3.8, 4) is 0 Å². The van der Waals surface area contributed by atoms with E-state index in [4.69, 9.17) is 0 Å². The van der Waals surface area contributed by atoms with Crippen molar-refractivity contribution in [2.45, 2.75) is 33.6 Å². The number of imide groups is 1. The molecule has 1 aromatic rings. The number of para-hydroxylation sites is 1. The first kappa shape index (κ1) is 20.6. The number of anilines is 1. The van der Waals surface area contributed by atoms with Gasteiger partial charge in [0.15, 0.2) is 0 Å². The Labute approximate surface area is 148 Å². The quantitative estimate of drug-likeness (QED) is 0.752. The maximum Gasteiger partial charge on any atom is 0.413 e. The predicted molar refractivity (Wildman–Crippen MR) is 96.4 cm³/mol. The van der Waals surface area contributed by atoms with Crippen LogP contribution in [0.15, 0.2) is 24.3 Å². The molecule has 0 aliphatic heterocycles. The monoisotopic (exact) mass is 349 g/mol. The Balaban J connectivity index is 2.59. The maximum atomic E-state index is 12.3. The minimum absolute atomic E-state index is 0.0547. The Morgan fingerprint density at radius 1 is 1.08 bits per heavy atom. The highest BCUT2D eigenvalue weighted by atomic mass is 16.5. The van der Waals surface area contributed by atoms with Crippen molar-refractivity contribution < 1.29 is 19.1 Å². The first-order valence-electron chi connectivity index (χ1n) is 8.45. The average Bonchev–Trinajstić information content (AvgIpc) is 2.54. The van der Waals surface area contributed by atoms with Crippen molar-refractivity contribution in [2.24, 2.45) is 0 Å². The second-order valence-electron chi connectivity index (χ2n) is 5.86. The first-order valence-corrected chi connectivity index (χ1v) is 8.45. The molecule has 2 N–H and O–H groups in total. The number of nitrogens with zero attached hydrogens (tertiary/aromatic N) is 1. The lowest BCUT2D eigenvalue weighted by atomic mass is 10.0. The second kappa shape index (κ2) is 10.5. The zero-order valence-corrected chi connectivity index (χ0v) is 15.3. The Bertz CT molecular complexity index is 602. The van der Waals surface area contributed by atoms with E-state index < -0.39 is 12.0 Å². The Kier molecular flexibility index (Phi) is 8.63. The molecule has 0 saturated heterocycles. The molecule has 0 saturated carbocycles. The molecule has 0 fully saturated rings. The van der Waals surface area contributed by atoms with Crippen LogP contribution in [0.3, 0.4) is 0 Å². The highest BCUT2D eigenvalue weighted by molar-refractivity contribution is 5.95. The van der Waals surface area contributed by atoms with E-state index in [1.165, 1.54) is 0 Å². The molecule has 1 aromatic carbocycles. The molecule has 0 radical (unpaired) electrons. The topological polar surface area (TPSA) is 87.7 Å². The summed E-state index contributed by atoms with van der Waals surface area (Å²) in [7, 11) is 0. The van der Waals surface area contributed by atoms with Gasteiger partial charge in [-0.2, -0.15) is 0 Å². The fraction of sp³-hybridized carbons (Fsp3) is 0.500. The van der Waals surface area contributed by atoms with Gasteiger partial charge in [0.1, 0.15) is 0 Å². The third-order valence-corrected chi connectivity index (χ3v) is 3.56. The van der Waals surface area contributed by atoms with Gasteiger partial charge in [0.25, 0.3) is 0 Å². The van der Waals surface area contributed by atoms with Crippen LogP contribution in [0.2, 0.25) is 0 Å². The van der Waals surface area contributed by atoms with E-state index in [0.29, 0.717) is 6.54 Å². The van der Waals surface area contributed by atoms with Crippen molar-refractivity contribution in [3.05, 3.63) is 29.8 Å². The van der Waals surface area contributed by atoms with Crippen LogP contribution >= 0.6 is 0 Å². The van der Waals surface area contributed by atoms with E-state index in [0.717, 1.165) is 11.3 Å². The highest BCUT2D eigenvalue weighted by Gasteiger charge is 2.16. The summed E-state index contributed by atoms with van der Waals surface area (Å²) in [4.78, 5) is 37.0. The molecule has 0 atom stereocenters. The van der Waals surface area contributed by atoms with Crippen LogP contribution in [0.1, 0.15) is 39.2 Å². The number of hydrogen-bond donors (Lipinski definition) is 2. The number of likely N-dealkylation sites (N-methyl/N-ethyl adjacent to an activating group) is 1. The van der Waals surface area contributed by atoms with Gasteiger partial charge in [0.2, 0.25) is 11.8 Å². The van der Waals surface area contributed by atoms with Crippen LogP contribution in [0.5, 0.6) is 0 Å². The van der Waals surface area contributed by atoms with Crippen molar-refractivity contribution >= 4 is 23.6 Å². The van der Waals surface area contributed by atoms with Gasteiger partial charge in [0, 0.05) is 5.69 Å². The zero-order valence-electron chi connectivity index (χ0n) is 15.3. The Morgan fingerprint density at radius 2 is 1.72 bits per heavy atom. The smallest absolute Gasteiger partial charge is 0.413 e. The van der Waals surface area contributed by atoms with Crippen LogP contribution in [0.25, 0.3) is 0 Å². The van der Waals surface area contributed by atoms with Crippen molar-refractivity contribution in [1.82, 2.24) is 10.2 Å². The van der Waals surface area contributed by atoms with Crippen LogP contribution in [-0.4, -0.2) is 49.0 Å². The number of carbonyl (C=O) groups excluding carboxylic acids is 3. The lowest BCUT2D eigenvalue weighted by molar-refractivity contribution is -0.122. The van der Waals surface area contributed by atoms with E-state index in [9.17, 15) is 14.4 Å². The molecular formula is C18H27N3O4. The van der Waals surface area contributed by atoms with Crippen molar-refractivity contribution in [3.63, 3.8) is 0 Å². The molecule has 7 heteroatoms. The maximum absolute atomic E-state index is 12.3. The summed E-state index contributed by atoms with van der Waals surface area (Å²) in [6.07, 6.45) is -0.779. The van der Waals surface area contributed by atoms with Gasteiger partial charge < -0.3 is 10.1 Å². The van der Waals surface area contributed by atoms with Gasteiger partial charge >= 0.3 is 6.09 Å². The number of carbonyl (C=O) groups is 3. The average molecular weight is 349 g/mol. The lowest BCUT2D eigenvalue weighted by Crippen LogP contribution is -2.43. The van der Waals surface area contributed by atoms with Crippen LogP contribution in [0, 0.1) is 0 Å². The molecule has 0 spiro atoms. The fourth-order valence-corrected chi connectivity index (χ4v) is 2.31. The van der Waals surface area contributed by atoms with Gasteiger partial charge in [-0.15, -0.1) is 0 Å². The van der Waals surface area contributed by atoms with Gasteiger partial charge in [-0.25, -0.2) is 4.79 Å². The molecular weight excluding hydrogens is 322 g/mol. The number of benzene rings is 1. The molecule has 0 aliphatic carbocycles. The summed E-state index contributed by atoms with van der Waals surface area (Å²) in [5.41, 5.74) is 1.83. The standard InChI is InChI=1S/C18H27N3O4/c1-5-21(12-17(23)20-18(24)25-6-2)11-16(22)19-15-10-8-7-9-14(15)13(3)4/h7-10,13H,5-6,11-12H2,1-4H3,(H,19,22)(H,20,23,24). The Morgan fingerprint density at radius 3 is 2.32 bits per heavy atom. The molecule has 1 rings (SSSR count). The number of hydrogen-bond acceptors (Lipinski definition) is 5. The predicted octanol–water partition coefficient (Wildman–Crippen LogP) is 2.34. The molecule has 138 valence electrons.